The van der Waals surface area contributed by atoms with E-state index in [1.165, 1.54) is 0 Å². The predicted molar refractivity (Wildman–Crippen MR) is 156 cm³/mol. The van der Waals surface area contributed by atoms with E-state index in [9.17, 15) is 9.59 Å². The lowest BCUT2D eigenvalue weighted by atomic mass is 9.86. The van der Waals surface area contributed by atoms with Crippen LogP contribution in [0, 0.1) is 0 Å². The molecule has 2 amide bonds. The van der Waals surface area contributed by atoms with Gasteiger partial charge in [0.05, 0.1) is 7.11 Å². The van der Waals surface area contributed by atoms with E-state index in [1.807, 2.05) is 92.7 Å². The van der Waals surface area contributed by atoms with Crippen molar-refractivity contribution in [2.45, 2.75) is 71.5 Å². The summed E-state index contributed by atoms with van der Waals surface area (Å²) in [6.07, 6.45) is 1.18. The van der Waals surface area contributed by atoms with Crippen molar-refractivity contribution in [3.05, 3.63) is 95.6 Å². The Morgan fingerprint density at radius 2 is 1.59 bits per heavy atom. The molecule has 3 aromatic carbocycles. The Bertz CT molecular complexity index is 1220. The lowest BCUT2D eigenvalue weighted by molar-refractivity contribution is -0.143. The number of nitrogens with one attached hydrogen (secondary N) is 1. The minimum absolute atomic E-state index is 0.0144. The molecule has 0 heterocycles. The zero-order chi connectivity index (χ0) is 28.4. The Morgan fingerprint density at radius 1 is 0.923 bits per heavy atom. The Labute approximate surface area is 233 Å². The maximum atomic E-state index is 13.9. The highest BCUT2D eigenvalue weighted by molar-refractivity contribution is 5.88. The molecule has 0 bridgehead atoms. The molecular formula is C33H42N2O4. The van der Waals surface area contributed by atoms with Gasteiger partial charge in [-0.3, -0.25) is 9.59 Å². The highest BCUT2D eigenvalue weighted by Gasteiger charge is 2.31. The first-order chi connectivity index (χ1) is 18.6. The van der Waals surface area contributed by atoms with E-state index in [4.69, 9.17) is 9.47 Å². The van der Waals surface area contributed by atoms with Gasteiger partial charge in [0, 0.05) is 19.0 Å². The predicted octanol–water partition coefficient (Wildman–Crippen LogP) is 5.93. The van der Waals surface area contributed by atoms with Crippen molar-refractivity contribution in [3.63, 3.8) is 0 Å². The summed E-state index contributed by atoms with van der Waals surface area (Å²) in [6.45, 7) is 10.4. The second kappa shape index (κ2) is 13.8. The SMILES string of the molecule is CC[C@@H](C)NC(=O)[C@@H](Cc1ccccc1)N(Cc1cccc(OC)c1)C(=O)COc1ccccc1C(C)(C)C. The molecule has 6 heteroatoms. The van der Waals surface area contributed by atoms with Crippen molar-refractivity contribution in [1.29, 1.82) is 0 Å². The Hall–Kier alpha value is -3.80. The maximum absolute atomic E-state index is 13.9. The first-order valence-corrected chi connectivity index (χ1v) is 13.6. The van der Waals surface area contributed by atoms with Gasteiger partial charge in [0.1, 0.15) is 17.5 Å². The number of rotatable bonds is 12. The minimum atomic E-state index is -0.721. The third-order valence-corrected chi connectivity index (χ3v) is 6.81. The second-order valence-corrected chi connectivity index (χ2v) is 10.9. The van der Waals surface area contributed by atoms with E-state index < -0.39 is 6.04 Å². The van der Waals surface area contributed by atoms with E-state index in [-0.39, 0.29) is 36.4 Å². The Balaban J connectivity index is 1.96. The van der Waals surface area contributed by atoms with Gasteiger partial charge in [0.15, 0.2) is 6.61 Å². The average molecular weight is 531 g/mol. The van der Waals surface area contributed by atoms with Gasteiger partial charge in [-0.05, 0) is 53.6 Å². The number of carbonyl (C=O) groups excluding carboxylic acids is 2. The third-order valence-electron chi connectivity index (χ3n) is 6.81. The first kappa shape index (κ1) is 29.8. The zero-order valence-corrected chi connectivity index (χ0v) is 24.1. The van der Waals surface area contributed by atoms with E-state index >= 15 is 0 Å². The molecule has 3 rings (SSSR count). The molecule has 39 heavy (non-hydrogen) atoms. The molecule has 0 aliphatic carbocycles. The molecule has 0 spiro atoms. The van der Waals surface area contributed by atoms with Crippen LogP contribution >= 0.6 is 0 Å². The summed E-state index contributed by atoms with van der Waals surface area (Å²) in [5.74, 6) is 0.920. The number of benzene rings is 3. The fourth-order valence-electron chi connectivity index (χ4n) is 4.40. The molecule has 0 radical (unpaired) electrons. The second-order valence-electron chi connectivity index (χ2n) is 10.9. The quantitative estimate of drug-likeness (QED) is 0.315. The Kier molecular flexibility index (Phi) is 10.6. The van der Waals surface area contributed by atoms with Gasteiger partial charge in [-0.25, -0.2) is 0 Å². The number of methoxy groups -OCH3 is 1. The molecule has 1 N–H and O–H groups in total. The number of ether oxygens (including phenoxy) is 2. The summed E-state index contributed by atoms with van der Waals surface area (Å²) in [7, 11) is 1.61. The largest absolute Gasteiger partial charge is 0.497 e. The first-order valence-electron chi connectivity index (χ1n) is 13.6. The number of nitrogens with zero attached hydrogens (tertiary/aromatic N) is 1. The van der Waals surface area contributed by atoms with Crippen LogP contribution in [0.5, 0.6) is 11.5 Å². The van der Waals surface area contributed by atoms with Crippen molar-refractivity contribution >= 4 is 11.8 Å². The molecule has 3 aromatic rings. The smallest absolute Gasteiger partial charge is 0.261 e. The summed E-state index contributed by atoms with van der Waals surface area (Å²) >= 11 is 0. The van der Waals surface area contributed by atoms with Crippen molar-refractivity contribution in [3.8, 4) is 11.5 Å². The van der Waals surface area contributed by atoms with Gasteiger partial charge in [-0.2, -0.15) is 0 Å². The fourth-order valence-corrected chi connectivity index (χ4v) is 4.40. The number of carbonyl (C=O) groups is 2. The molecule has 0 aromatic heterocycles. The fraction of sp³-hybridized carbons (Fsp3) is 0.394. The summed E-state index contributed by atoms with van der Waals surface area (Å²) < 4.78 is 11.5. The number of amides is 2. The third kappa shape index (κ3) is 8.60. The van der Waals surface area contributed by atoms with Gasteiger partial charge in [0.2, 0.25) is 5.91 Å². The molecule has 0 unspecified atom stereocenters. The van der Waals surface area contributed by atoms with Crippen LogP contribution in [-0.2, 0) is 28.0 Å². The molecular weight excluding hydrogens is 488 g/mol. The van der Waals surface area contributed by atoms with E-state index in [1.54, 1.807) is 12.0 Å². The highest BCUT2D eigenvalue weighted by atomic mass is 16.5. The van der Waals surface area contributed by atoms with Crippen molar-refractivity contribution in [2.24, 2.45) is 0 Å². The van der Waals surface area contributed by atoms with Gasteiger partial charge in [-0.15, -0.1) is 0 Å². The van der Waals surface area contributed by atoms with Crippen LogP contribution in [0.1, 0.15) is 57.7 Å². The van der Waals surface area contributed by atoms with Crippen LogP contribution in [0.15, 0.2) is 78.9 Å². The monoisotopic (exact) mass is 530 g/mol. The van der Waals surface area contributed by atoms with Gasteiger partial charge >= 0.3 is 0 Å². The summed E-state index contributed by atoms with van der Waals surface area (Å²) in [4.78, 5) is 29.2. The molecule has 2 atom stereocenters. The van der Waals surface area contributed by atoms with Crippen LogP contribution in [0.25, 0.3) is 0 Å². The molecule has 0 aliphatic rings. The average Bonchev–Trinajstić information content (AvgIpc) is 2.93. The van der Waals surface area contributed by atoms with Gasteiger partial charge in [-0.1, -0.05) is 88.4 Å². The normalized spacial score (nSPS) is 12.8. The van der Waals surface area contributed by atoms with Crippen molar-refractivity contribution < 1.29 is 19.1 Å². The van der Waals surface area contributed by atoms with Gasteiger partial charge < -0.3 is 19.7 Å². The number of hydrogen-bond donors (Lipinski definition) is 1. The zero-order valence-electron chi connectivity index (χ0n) is 24.1. The molecule has 0 aliphatic heterocycles. The minimum Gasteiger partial charge on any atom is -0.497 e. The molecule has 6 nitrogen and oxygen atoms in total. The van der Waals surface area contributed by atoms with Crippen molar-refractivity contribution in [1.82, 2.24) is 10.2 Å². The van der Waals surface area contributed by atoms with Crippen LogP contribution in [0.2, 0.25) is 0 Å². The summed E-state index contributed by atoms with van der Waals surface area (Å²) in [6, 6.07) is 24.4. The molecule has 0 saturated carbocycles. The molecule has 0 saturated heterocycles. The van der Waals surface area contributed by atoms with Crippen molar-refractivity contribution in [2.75, 3.05) is 13.7 Å². The highest BCUT2D eigenvalue weighted by Crippen LogP contribution is 2.31. The van der Waals surface area contributed by atoms with E-state index in [2.05, 4.69) is 26.1 Å². The topological polar surface area (TPSA) is 67.9 Å². The lowest BCUT2D eigenvalue weighted by Crippen LogP contribution is -2.53. The van der Waals surface area contributed by atoms with Gasteiger partial charge in [0.25, 0.3) is 5.91 Å². The molecule has 208 valence electrons. The molecule has 0 fully saturated rings. The van der Waals surface area contributed by atoms with Crippen LogP contribution in [0.4, 0.5) is 0 Å². The standard InChI is InChI=1S/C33H42N2O4/c1-7-24(2)34-32(37)29(21-25-14-9-8-10-15-25)35(22-26-16-13-17-27(20-26)38-6)31(36)23-39-30-19-12-11-18-28(30)33(3,4)5/h8-20,24,29H,7,21-23H2,1-6H3,(H,34,37)/t24-,29-/m1/s1. The Morgan fingerprint density at radius 3 is 2.26 bits per heavy atom. The maximum Gasteiger partial charge on any atom is 0.261 e. The number of hydrogen-bond acceptors (Lipinski definition) is 4. The lowest BCUT2D eigenvalue weighted by Gasteiger charge is -2.32. The van der Waals surface area contributed by atoms with Crippen LogP contribution in [-0.4, -0.2) is 42.5 Å². The van der Waals surface area contributed by atoms with Crippen LogP contribution in [0.3, 0.4) is 0 Å². The van der Waals surface area contributed by atoms with E-state index in [0.29, 0.717) is 17.9 Å². The van der Waals surface area contributed by atoms with Crippen LogP contribution < -0.4 is 14.8 Å². The summed E-state index contributed by atoms with van der Waals surface area (Å²) in [5.41, 5.74) is 2.72. The summed E-state index contributed by atoms with van der Waals surface area (Å²) in [5, 5.41) is 3.10. The van der Waals surface area contributed by atoms with E-state index in [0.717, 1.165) is 23.1 Å². The number of para-hydroxylation sites is 1.